The lowest BCUT2D eigenvalue weighted by Crippen LogP contribution is -2.47. The third kappa shape index (κ3) is 3.47. The highest BCUT2D eigenvalue weighted by Crippen LogP contribution is 2.38. The number of likely N-dealkylation sites (N-methyl/N-ethyl adjacent to an activating group) is 1. The van der Waals surface area contributed by atoms with Crippen LogP contribution in [0.1, 0.15) is 18.5 Å². The van der Waals surface area contributed by atoms with Gasteiger partial charge in [0.15, 0.2) is 0 Å². The minimum absolute atomic E-state index is 0.163. The standard InChI is InChI=1S/C17H21BrN2O4/c1-11-14(16(21)24-10-9-23-4)15(20(3)17(22)19(11)2)12-7-5-6-8-13(12)18/h5-8,15H,9-10H2,1-4H3/t15-/m0/s1. The van der Waals surface area contributed by atoms with E-state index in [0.29, 0.717) is 17.9 Å². The summed E-state index contributed by atoms with van der Waals surface area (Å²) in [6.07, 6.45) is 0. The molecule has 0 unspecified atom stereocenters. The molecule has 1 heterocycles. The van der Waals surface area contributed by atoms with E-state index in [0.717, 1.165) is 10.0 Å². The van der Waals surface area contributed by atoms with Gasteiger partial charge in [-0.3, -0.25) is 0 Å². The zero-order valence-corrected chi connectivity index (χ0v) is 15.8. The fraction of sp³-hybridized carbons (Fsp3) is 0.412. The average molecular weight is 397 g/mol. The summed E-state index contributed by atoms with van der Waals surface area (Å²) in [6, 6.07) is 6.84. The number of ether oxygens (including phenoxy) is 2. The molecule has 0 saturated carbocycles. The van der Waals surface area contributed by atoms with Gasteiger partial charge in [-0.05, 0) is 18.6 Å². The number of hydrogen-bond acceptors (Lipinski definition) is 4. The maximum atomic E-state index is 12.7. The second kappa shape index (κ2) is 7.81. The molecule has 6 nitrogen and oxygen atoms in total. The highest BCUT2D eigenvalue weighted by molar-refractivity contribution is 9.10. The monoisotopic (exact) mass is 396 g/mol. The molecule has 1 aliphatic rings. The smallest absolute Gasteiger partial charge is 0.338 e. The van der Waals surface area contributed by atoms with Crippen molar-refractivity contribution in [2.24, 2.45) is 0 Å². The summed E-state index contributed by atoms with van der Waals surface area (Å²) in [6.45, 7) is 2.24. The third-order valence-electron chi connectivity index (χ3n) is 4.08. The molecule has 0 fully saturated rings. The summed E-state index contributed by atoms with van der Waals surface area (Å²) in [5.74, 6) is -0.448. The first-order valence-corrected chi connectivity index (χ1v) is 8.31. The summed E-state index contributed by atoms with van der Waals surface area (Å²) >= 11 is 3.51. The SMILES string of the molecule is COCCOC(=O)C1=C(C)N(C)C(=O)N(C)[C@H]1c1ccccc1Br. The summed E-state index contributed by atoms with van der Waals surface area (Å²) < 4.78 is 11.1. The number of hydrogen-bond donors (Lipinski definition) is 0. The molecule has 0 spiro atoms. The fourth-order valence-electron chi connectivity index (χ4n) is 2.68. The molecular weight excluding hydrogens is 376 g/mol. The van der Waals surface area contributed by atoms with Crippen molar-refractivity contribution in [3.05, 3.63) is 45.6 Å². The molecule has 1 atom stereocenters. The van der Waals surface area contributed by atoms with Crippen molar-refractivity contribution in [1.82, 2.24) is 9.80 Å². The number of rotatable bonds is 5. The van der Waals surface area contributed by atoms with Gasteiger partial charge in [0.25, 0.3) is 0 Å². The lowest BCUT2D eigenvalue weighted by molar-refractivity contribution is -0.141. The second-order valence-corrected chi connectivity index (χ2v) is 6.36. The minimum Gasteiger partial charge on any atom is -0.460 e. The Hall–Kier alpha value is -1.86. The topological polar surface area (TPSA) is 59.1 Å². The average Bonchev–Trinajstić information content (AvgIpc) is 2.57. The highest BCUT2D eigenvalue weighted by Gasteiger charge is 2.39. The lowest BCUT2D eigenvalue weighted by atomic mass is 9.94. The predicted molar refractivity (Wildman–Crippen MR) is 93.3 cm³/mol. The number of carbonyl (C=O) groups is 2. The Balaban J connectivity index is 2.49. The van der Waals surface area contributed by atoms with Crippen molar-refractivity contribution in [1.29, 1.82) is 0 Å². The van der Waals surface area contributed by atoms with E-state index in [1.54, 1.807) is 33.0 Å². The van der Waals surface area contributed by atoms with Crippen LogP contribution in [-0.2, 0) is 14.3 Å². The van der Waals surface area contributed by atoms with E-state index in [4.69, 9.17) is 9.47 Å². The summed E-state index contributed by atoms with van der Waals surface area (Å²) in [4.78, 5) is 28.2. The van der Waals surface area contributed by atoms with Crippen LogP contribution in [-0.4, -0.2) is 56.2 Å². The van der Waals surface area contributed by atoms with Gasteiger partial charge in [0.05, 0.1) is 18.2 Å². The van der Waals surface area contributed by atoms with Crippen molar-refractivity contribution in [2.75, 3.05) is 34.4 Å². The van der Waals surface area contributed by atoms with Crippen LogP contribution < -0.4 is 0 Å². The Morgan fingerprint density at radius 3 is 2.54 bits per heavy atom. The normalized spacial score (nSPS) is 18.2. The third-order valence-corrected chi connectivity index (χ3v) is 4.80. The van der Waals surface area contributed by atoms with E-state index in [1.165, 1.54) is 4.90 Å². The summed E-state index contributed by atoms with van der Waals surface area (Å²) in [5.41, 5.74) is 1.86. The van der Waals surface area contributed by atoms with Crippen molar-refractivity contribution in [3.63, 3.8) is 0 Å². The molecule has 2 rings (SSSR count). The maximum absolute atomic E-state index is 12.7. The van der Waals surface area contributed by atoms with E-state index in [1.807, 2.05) is 24.3 Å². The van der Waals surface area contributed by atoms with Crippen molar-refractivity contribution in [3.8, 4) is 0 Å². The van der Waals surface area contributed by atoms with Gasteiger partial charge in [-0.2, -0.15) is 0 Å². The van der Waals surface area contributed by atoms with Gasteiger partial charge in [-0.1, -0.05) is 34.1 Å². The van der Waals surface area contributed by atoms with E-state index in [2.05, 4.69) is 15.9 Å². The van der Waals surface area contributed by atoms with Gasteiger partial charge in [-0.15, -0.1) is 0 Å². The first-order chi connectivity index (χ1) is 11.4. The molecule has 24 heavy (non-hydrogen) atoms. The Bertz CT molecular complexity index is 674. The quantitative estimate of drug-likeness (QED) is 0.566. The zero-order chi connectivity index (χ0) is 17.9. The zero-order valence-electron chi connectivity index (χ0n) is 14.2. The Morgan fingerprint density at radius 1 is 1.25 bits per heavy atom. The number of urea groups is 1. The first kappa shape index (κ1) is 18.5. The van der Waals surface area contributed by atoms with E-state index in [-0.39, 0.29) is 12.6 Å². The molecule has 0 N–H and O–H groups in total. The van der Waals surface area contributed by atoms with Crippen LogP contribution in [0.2, 0.25) is 0 Å². The molecule has 0 aliphatic carbocycles. The number of methoxy groups -OCH3 is 1. The number of allylic oxidation sites excluding steroid dienone is 1. The number of benzene rings is 1. The van der Waals surface area contributed by atoms with E-state index >= 15 is 0 Å². The number of nitrogens with zero attached hydrogens (tertiary/aromatic N) is 2. The molecule has 0 bridgehead atoms. The van der Waals surface area contributed by atoms with Gasteiger partial charge >= 0.3 is 12.0 Å². The van der Waals surface area contributed by atoms with Gasteiger partial charge in [0.1, 0.15) is 6.61 Å². The Labute approximate surface area is 150 Å². The van der Waals surface area contributed by atoms with Crippen LogP contribution in [0.15, 0.2) is 40.0 Å². The molecule has 1 aromatic rings. The molecule has 7 heteroatoms. The fourth-order valence-corrected chi connectivity index (χ4v) is 3.18. The van der Waals surface area contributed by atoms with Crippen molar-refractivity contribution in [2.45, 2.75) is 13.0 Å². The molecule has 0 saturated heterocycles. The Kier molecular flexibility index (Phi) is 6.01. The molecule has 1 aliphatic heterocycles. The van der Waals surface area contributed by atoms with E-state index in [9.17, 15) is 9.59 Å². The van der Waals surface area contributed by atoms with E-state index < -0.39 is 12.0 Å². The number of esters is 1. The molecule has 1 aromatic carbocycles. The summed E-state index contributed by atoms with van der Waals surface area (Å²) in [7, 11) is 4.87. The van der Waals surface area contributed by atoms with Crippen LogP contribution in [0.4, 0.5) is 4.79 Å². The van der Waals surface area contributed by atoms with Crippen molar-refractivity contribution >= 4 is 27.9 Å². The number of carbonyl (C=O) groups excluding carboxylic acids is 2. The first-order valence-electron chi connectivity index (χ1n) is 7.52. The molecule has 0 aromatic heterocycles. The van der Waals surface area contributed by atoms with Crippen molar-refractivity contribution < 1.29 is 19.1 Å². The number of amides is 2. The molecule has 0 radical (unpaired) electrons. The van der Waals surface area contributed by atoms with Crippen LogP contribution in [0, 0.1) is 0 Å². The Morgan fingerprint density at radius 2 is 1.92 bits per heavy atom. The highest BCUT2D eigenvalue weighted by atomic mass is 79.9. The maximum Gasteiger partial charge on any atom is 0.338 e. The predicted octanol–water partition coefficient (Wildman–Crippen LogP) is 2.95. The van der Waals surface area contributed by atoms with Crippen LogP contribution >= 0.6 is 15.9 Å². The molecule has 130 valence electrons. The largest absolute Gasteiger partial charge is 0.460 e. The van der Waals surface area contributed by atoms with Crippen LogP contribution in [0.25, 0.3) is 0 Å². The number of halogens is 1. The second-order valence-electron chi connectivity index (χ2n) is 5.50. The lowest BCUT2D eigenvalue weighted by Gasteiger charge is -2.39. The molecular formula is C17H21BrN2O4. The van der Waals surface area contributed by atoms with Crippen LogP contribution in [0.5, 0.6) is 0 Å². The minimum atomic E-state index is -0.515. The van der Waals surface area contributed by atoms with Gasteiger partial charge in [0, 0.05) is 31.4 Å². The summed E-state index contributed by atoms with van der Waals surface area (Å²) in [5, 5.41) is 0. The van der Waals surface area contributed by atoms with Gasteiger partial charge in [-0.25, -0.2) is 9.59 Å². The van der Waals surface area contributed by atoms with Crippen LogP contribution in [0.3, 0.4) is 0 Å². The molecule has 2 amide bonds. The van der Waals surface area contributed by atoms with Gasteiger partial charge < -0.3 is 19.3 Å². The van der Waals surface area contributed by atoms with Gasteiger partial charge in [0.2, 0.25) is 0 Å².